The molecule has 1 aliphatic rings. The molecule has 19 heavy (non-hydrogen) atoms. The molecule has 0 aliphatic heterocycles. The van der Waals surface area contributed by atoms with E-state index in [1.165, 1.54) is 19.6 Å². The number of hydrogen-bond acceptors (Lipinski definition) is 2. The van der Waals surface area contributed by atoms with Crippen molar-refractivity contribution < 1.29 is 13.5 Å². The van der Waals surface area contributed by atoms with E-state index in [4.69, 9.17) is 10.5 Å². The molecular weight excluding hydrogens is 248 g/mol. The van der Waals surface area contributed by atoms with Gasteiger partial charge in [-0.05, 0) is 18.9 Å². The molecule has 0 aromatic heterocycles. The molecule has 1 fully saturated rings. The SMILES string of the molecule is COc1c(C(F)F)cccc1C1(CN)CCCCC1. The van der Waals surface area contributed by atoms with Crippen molar-refractivity contribution in [2.24, 2.45) is 5.73 Å². The topological polar surface area (TPSA) is 35.2 Å². The molecule has 0 heterocycles. The number of ether oxygens (including phenoxy) is 1. The summed E-state index contributed by atoms with van der Waals surface area (Å²) in [5.41, 5.74) is 6.60. The number of halogens is 2. The highest BCUT2D eigenvalue weighted by atomic mass is 19.3. The molecule has 0 spiro atoms. The lowest BCUT2D eigenvalue weighted by atomic mass is 9.69. The van der Waals surface area contributed by atoms with Gasteiger partial charge in [-0.1, -0.05) is 31.4 Å². The second-order valence-electron chi connectivity index (χ2n) is 5.27. The van der Waals surface area contributed by atoms with E-state index in [2.05, 4.69) is 0 Å². The Morgan fingerprint density at radius 3 is 2.47 bits per heavy atom. The summed E-state index contributed by atoms with van der Waals surface area (Å²) < 4.78 is 31.4. The van der Waals surface area contributed by atoms with Gasteiger partial charge in [0.1, 0.15) is 5.75 Å². The second kappa shape index (κ2) is 5.87. The van der Waals surface area contributed by atoms with Crippen molar-refractivity contribution in [3.63, 3.8) is 0 Å². The van der Waals surface area contributed by atoms with Crippen molar-refractivity contribution in [3.8, 4) is 5.75 Å². The van der Waals surface area contributed by atoms with Crippen LogP contribution in [0.2, 0.25) is 0 Å². The monoisotopic (exact) mass is 269 g/mol. The van der Waals surface area contributed by atoms with Gasteiger partial charge in [-0.15, -0.1) is 0 Å². The molecule has 2 N–H and O–H groups in total. The second-order valence-corrected chi connectivity index (χ2v) is 5.27. The summed E-state index contributed by atoms with van der Waals surface area (Å²) in [5, 5.41) is 0. The Hall–Kier alpha value is -1.16. The van der Waals surface area contributed by atoms with Crippen LogP contribution in [0, 0.1) is 0 Å². The third-order valence-corrected chi connectivity index (χ3v) is 4.26. The van der Waals surface area contributed by atoms with Crippen LogP contribution in [-0.2, 0) is 5.41 Å². The van der Waals surface area contributed by atoms with Crippen LogP contribution in [0.4, 0.5) is 8.78 Å². The largest absolute Gasteiger partial charge is 0.496 e. The van der Waals surface area contributed by atoms with E-state index in [1.807, 2.05) is 6.07 Å². The molecule has 0 bridgehead atoms. The smallest absolute Gasteiger partial charge is 0.267 e. The lowest BCUT2D eigenvalue weighted by molar-refractivity contribution is 0.146. The fourth-order valence-electron chi connectivity index (χ4n) is 3.18. The zero-order valence-corrected chi connectivity index (χ0v) is 11.3. The Kier molecular flexibility index (Phi) is 4.40. The van der Waals surface area contributed by atoms with Crippen molar-refractivity contribution in [2.45, 2.75) is 43.9 Å². The summed E-state index contributed by atoms with van der Waals surface area (Å²) in [6.45, 7) is 0.482. The number of rotatable bonds is 4. The normalized spacial score (nSPS) is 18.6. The van der Waals surface area contributed by atoms with Gasteiger partial charge in [0, 0.05) is 17.5 Å². The predicted octanol–water partition coefficient (Wildman–Crippen LogP) is 3.79. The van der Waals surface area contributed by atoms with Crippen molar-refractivity contribution in [3.05, 3.63) is 29.3 Å². The summed E-state index contributed by atoms with van der Waals surface area (Å²) >= 11 is 0. The molecule has 1 aromatic rings. The van der Waals surface area contributed by atoms with E-state index in [9.17, 15) is 8.78 Å². The minimum absolute atomic E-state index is 0.0293. The maximum atomic E-state index is 13.1. The first-order valence-electron chi connectivity index (χ1n) is 6.80. The number of methoxy groups -OCH3 is 1. The van der Waals surface area contributed by atoms with E-state index in [0.717, 1.165) is 31.2 Å². The number of benzene rings is 1. The van der Waals surface area contributed by atoms with Gasteiger partial charge in [0.15, 0.2) is 0 Å². The van der Waals surface area contributed by atoms with Crippen molar-refractivity contribution in [1.29, 1.82) is 0 Å². The van der Waals surface area contributed by atoms with Gasteiger partial charge in [-0.3, -0.25) is 0 Å². The number of nitrogens with two attached hydrogens (primary N) is 1. The van der Waals surface area contributed by atoms with Crippen LogP contribution < -0.4 is 10.5 Å². The van der Waals surface area contributed by atoms with Crippen LogP contribution in [0.5, 0.6) is 5.75 Å². The molecular formula is C15H21F2NO. The highest BCUT2D eigenvalue weighted by molar-refractivity contribution is 5.47. The minimum Gasteiger partial charge on any atom is -0.496 e. The quantitative estimate of drug-likeness (QED) is 0.902. The third-order valence-electron chi connectivity index (χ3n) is 4.26. The molecule has 1 saturated carbocycles. The van der Waals surface area contributed by atoms with Crippen LogP contribution in [0.15, 0.2) is 18.2 Å². The molecule has 1 aliphatic carbocycles. The average Bonchev–Trinajstić information content (AvgIpc) is 2.47. The molecule has 0 radical (unpaired) electrons. The van der Waals surface area contributed by atoms with Crippen LogP contribution in [0.3, 0.4) is 0 Å². The van der Waals surface area contributed by atoms with Crippen LogP contribution in [-0.4, -0.2) is 13.7 Å². The van der Waals surface area contributed by atoms with E-state index < -0.39 is 6.43 Å². The summed E-state index contributed by atoms with van der Waals surface area (Å²) in [7, 11) is 1.46. The molecule has 0 amide bonds. The Morgan fingerprint density at radius 1 is 1.26 bits per heavy atom. The van der Waals surface area contributed by atoms with E-state index in [-0.39, 0.29) is 11.0 Å². The van der Waals surface area contributed by atoms with E-state index in [0.29, 0.717) is 12.3 Å². The zero-order valence-electron chi connectivity index (χ0n) is 11.3. The van der Waals surface area contributed by atoms with Gasteiger partial charge < -0.3 is 10.5 Å². The van der Waals surface area contributed by atoms with Gasteiger partial charge in [0.05, 0.1) is 12.7 Å². The molecule has 4 heteroatoms. The predicted molar refractivity (Wildman–Crippen MR) is 71.8 cm³/mol. The lowest BCUT2D eigenvalue weighted by Gasteiger charge is -2.38. The number of hydrogen-bond donors (Lipinski definition) is 1. The van der Waals surface area contributed by atoms with Gasteiger partial charge in [-0.25, -0.2) is 8.78 Å². The van der Waals surface area contributed by atoms with Crippen LogP contribution in [0.1, 0.15) is 49.7 Å². The Bertz CT molecular complexity index is 428. The first-order valence-corrected chi connectivity index (χ1v) is 6.80. The van der Waals surface area contributed by atoms with Crippen molar-refractivity contribution in [2.75, 3.05) is 13.7 Å². The summed E-state index contributed by atoms with van der Waals surface area (Å²) in [6, 6.07) is 5.01. The minimum atomic E-state index is -2.52. The summed E-state index contributed by atoms with van der Waals surface area (Å²) in [4.78, 5) is 0. The van der Waals surface area contributed by atoms with Crippen LogP contribution in [0.25, 0.3) is 0 Å². The fraction of sp³-hybridized carbons (Fsp3) is 0.600. The van der Waals surface area contributed by atoms with Gasteiger partial charge in [0.2, 0.25) is 0 Å². The molecule has 2 nitrogen and oxygen atoms in total. The molecule has 0 saturated heterocycles. The van der Waals surface area contributed by atoms with E-state index >= 15 is 0 Å². The molecule has 0 unspecified atom stereocenters. The van der Waals surface area contributed by atoms with Crippen LogP contribution >= 0.6 is 0 Å². The van der Waals surface area contributed by atoms with E-state index in [1.54, 1.807) is 6.07 Å². The molecule has 0 atom stereocenters. The maximum absolute atomic E-state index is 13.1. The van der Waals surface area contributed by atoms with Crippen molar-refractivity contribution in [1.82, 2.24) is 0 Å². The lowest BCUT2D eigenvalue weighted by Crippen LogP contribution is -2.37. The Labute approximate surface area is 112 Å². The molecule has 2 rings (SSSR count). The van der Waals surface area contributed by atoms with Gasteiger partial charge >= 0.3 is 0 Å². The van der Waals surface area contributed by atoms with Gasteiger partial charge in [0.25, 0.3) is 6.43 Å². The number of alkyl halides is 2. The highest BCUT2D eigenvalue weighted by Gasteiger charge is 2.36. The molecule has 1 aromatic carbocycles. The zero-order chi connectivity index (χ0) is 13.9. The average molecular weight is 269 g/mol. The first-order chi connectivity index (χ1) is 9.14. The highest BCUT2D eigenvalue weighted by Crippen LogP contribution is 2.45. The Morgan fingerprint density at radius 2 is 1.95 bits per heavy atom. The molecule has 106 valence electrons. The first kappa shape index (κ1) is 14.3. The number of para-hydroxylation sites is 1. The Balaban J connectivity index is 2.50. The third kappa shape index (κ3) is 2.59. The summed E-state index contributed by atoms with van der Waals surface area (Å²) in [5.74, 6) is 0.324. The fourth-order valence-corrected chi connectivity index (χ4v) is 3.18. The summed E-state index contributed by atoms with van der Waals surface area (Å²) in [6.07, 6.45) is 2.77. The standard InChI is InChI=1S/C15H21F2NO/c1-19-13-11(14(16)17)6-5-7-12(13)15(10-18)8-3-2-4-9-15/h5-7,14H,2-4,8-10,18H2,1H3. The van der Waals surface area contributed by atoms with Crippen molar-refractivity contribution >= 4 is 0 Å². The van der Waals surface area contributed by atoms with Gasteiger partial charge in [-0.2, -0.15) is 0 Å². The maximum Gasteiger partial charge on any atom is 0.267 e.